The number of methoxy groups -OCH3 is 1. The van der Waals surface area contributed by atoms with Crippen LogP contribution in [-0.4, -0.2) is 23.0 Å². The molecule has 0 spiro atoms. The van der Waals surface area contributed by atoms with Crippen LogP contribution in [0.2, 0.25) is 0 Å². The van der Waals surface area contributed by atoms with Crippen molar-refractivity contribution < 1.29 is 9.53 Å². The van der Waals surface area contributed by atoms with Crippen LogP contribution in [0.15, 0.2) is 60.7 Å². The number of amides is 1. The molecule has 0 atom stereocenters. The zero-order valence-electron chi connectivity index (χ0n) is 15.6. The van der Waals surface area contributed by atoms with Crippen molar-refractivity contribution in [3.63, 3.8) is 0 Å². The first-order chi connectivity index (χ1) is 13.2. The Labute approximate surface area is 159 Å². The molecule has 1 aromatic heterocycles. The molecular formula is C22H23N3O2. The summed E-state index contributed by atoms with van der Waals surface area (Å²) in [5, 5.41) is 2.83. The molecule has 0 bridgehead atoms. The summed E-state index contributed by atoms with van der Waals surface area (Å²) in [6.07, 6.45) is 2.28. The molecule has 2 aromatic carbocycles. The SMILES string of the molecule is CCCCC(=O)Nc1nc(-c2ccccc2)cc(-c2ccc(OC)cc2)n1. The first-order valence-corrected chi connectivity index (χ1v) is 9.08. The van der Waals surface area contributed by atoms with E-state index >= 15 is 0 Å². The maximum absolute atomic E-state index is 12.1. The lowest BCUT2D eigenvalue weighted by atomic mass is 10.1. The van der Waals surface area contributed by atoms with Crippen molar-refractivity contribution >= 4 is 11.9 Å². The Morgan fingerprint density at radius 1 is 0.963 bits per heavy atom. The van der Waals surface area contributed by atoms with Crippen LogP contribution in [0.1, 0.15) is 26.2 Å². The largest absolute Gasteiger partial charge is 0.497 e. The number of unbranched alkanes of at least 4 members (excludes halogenated alkanes) is 1. The van der Waals surface area contributed by atoms with Crippen molar-refractivity contribution in [2.24, 2.45) is 0 Å². The number of carbonyl (C=O) groups excluding carboxylic acids is 1. The van der Waals surface area contributed by atoms with Crippen LogP contribution in [0.4, 0.5) is 5.95 Å². The summed E-state index contributed by atoms with van der Waals surface area (Å²) >= 11 is 0. The van der Waals surface area contributed by atoms with Gasteiger partial charge in [-0.05, 0) is 36.8 Å². The van der Waals surface area contributed by atoms with Crippen molar-refractivity contribution in [1.82, 2.24) is 9.97 Å². The summed E-state index contributed by atoms with van der Waals surface area (Å²) in [4.78, 5) is 21.2. The smallest absolute Gasteiger partial charge is 0.230 e. The van der Waals surface area contributed by atoms with Crippen LogP contribution in [-0.2, 0) is 4.79 Å². The standard InChI is InChI=1S/C22H23N3O2/c1-3-4-10-21(26)25-22-23-19(16-8-6-5-7-9-16)15-20(24-22)17-11-13-18(27-2)14-12-17/h5-9,11-15H,3-4,10H2,1-2H3,(H,23,24,25,26). The highest BCUT2D eigenvalue weighted by atomic mass is 16.5. The number of hydrogen-bond acceptors (Lipinski definition) is 4. The van der Waals surface area contributed by atoms with Crippen LogP contribution in [0.25, 0.3) is 22.5 Å². The predicted octanol–water partition coefficient (Wildman–Crippen LogP) is 4.95. The molecule has 0 saturated carbocycles. The van der Waals surface area contributed by atoms with Gasteiger partial charge in [-0.3, -0.25) is 10.1 Å². The molecular weight excluding hydrogens is 338 g/mol. The first-order valence-electron chi connectivity index (χ1n) is 9.08. The van der Waals surface area contributed by atoms with Crippen molar-refractivity contribution in [1.29, 1.82) is 0 Å². The molecule has 1 N–H and O–H groups in total. The summed E-state index contributed by atoms with van der Waals surface area (Å²) in [5.74, 6) is 1.04. The lowest BCUT2D eigenvalue weighted by molar-refractivity contribution is -0.116. The maximum Gasteiger partial charge on any atom is 0.230 e. The third-order valence-electron chi connectivity index (χ3n) is 4.19. The number of nitrogens with one attached hydrogen (secondary N) is 1. The Morgan fingerprint density at radius 2 is 1.59 bits per heavy atom. The van der Waals surface area contributed by atoms with Gasteiger partial charge in [0.15, 0.2) is 0 Å². The molecule has 3 aromatic rings. The van der Waals surface area contributed by atoms with E-state index in [2.05, 4.69) is 22.2 Å². The second kappa shape index (κ2) is 8.94. The normalized spacial score (nSPS) is 10.4. The zero-order chi connectivity index (χ0) is 19.1. The predicted molar refractivity (Wildman–Crippen MR) is 108 cm³/mol. The van der Waals surface area contributed by atoms with Gasteiger partial charge in [-0.1, -0.05) is 43.7 Å². The van der Waals surface area contributed by atoms with Gasteiger partial charge in [0.2, 0.25) is 11.9 Å². The summed E-state index contributed by atoms with van der Waals surface area (Å²) < 4.78 is 5.22. The third-order valence-corrected chi connectivity index (χ3v) is 4.19. The van der Waals surface area contributed by atoms with E-state index in [0.29, 0.717) is 12.4 Å². The van der Waals surface area contributed by atoms with Crippen LogP contribution in [0.3, 0.4) is 0 Å². The molecule has 27 heavy (non-hydrogen) atoms. The number of rotatable bonds is 7. The molecule has 0 aliphatic rings. The molecule has 0 fully saturated rings. The van der Waals surface area contributed by atoms with E-state index < -0.39 is 0 Å². The quantitative estimate of drug-likeness (QED) is 0.647. The van der Waals surface area contributed by atoms with E-state index in [-0.39, 0.29) is 5.91 Å². The number of hydrogen-bond donors (Lipinski definition) is 1. The van der Waals surface area contributed by atoms with Gasteiger partial charge in [0.1, 0.15) is 5.75 Å². The highest BCUT2D eigenvalue weighted by Crippen LogP contribution is 2.26. The fraction of sp³-hybridized carbons (Fsp3) is 0.227. The molecule has 5 heteroatoms. The number of ether oxygens (including phenoxy) is 1. The number of anilines is 1. The molecule has 0 unspecified atom stereocenters. The summed E-state index contributed by atoms with van der Waals surface area (Å²) in [5.41, 5.74) is 3.41. The van der Waals surface area contributed by atoms with Crippen LogP contribution < -0.4 is 10.1 Å². The van der Waals surface area contributed by atoms with Gasteiger partial charge in [-0.15, -0.1) is 0 Å². The van der Waals surface area contributed by atoms with Gasteiger partial charge in [-0.25, -0.2) is 9.97 Å². The Hall–Kier alpha value is -3.21. The molecule has 0 saturated heterocycles. The average molecular weight is 361 g/mol. The van der Waals surface area contributed by atoms with Gasteiger partial charge in [0.25, 0.3) is 0 Å². The molecule has 1 heterocycles. The van der Waals surface area contributed by atoms with Gasteiger partial charge in [-0.2, -0.15) is 0 Å². The van der Waals surface area contributed by atoms with E-state index in [1.165, 1.54) is 0 Å². The van der Waals surface area contributed by atoms with Gasteiger partial charge < -0.3 is 4.74 Å². The van der Waals surface area contributed by atoms with Gasteiger partial charge in [0.05, 0.1) is 18.5 Å². The molecule has 138 valence electrons. The van der Waals surface area contributed by atoms with Crippen molar-refractivity contribution in [3.05, 3.63) is 60.7 Å². The Balaban J connectivity index is 1.98. The minimum Gasteiger partial charge on any atom is -0.497 e. The lowest BCUT2D eigenvalue weighted by Gasteiger charge is -2.10. The highest BCUT2D eigenvalue weighted by molar-refractivity contribution is 5.89. The van der Waals surface area contributed by atoms with Crippen LogP contribution in [0, 0.1) is 0 Å². The van der Waals surface area contributed by atoms with E-state index in [9.17, 15) is 4.79 Å². The fourth-order valence-electron chi connectivity index (χ4n) is 2.69. The Bertz CT molecular complexity index is 893. The average Bonchev–Trinajstić information content (AvgIpc) is 2.72. The van der Waals surface area contributed by atoms with E-state index in [0.717, 1.165) is 41.1 Å². The Morgan fingerprint density at radius 3 is 2.19 bits per heavy atom. The lowest BCUT2D eigenvalue weighted by Crippen LogP contribution is -2.14. The fourth-order valence-corrected chi connectivity index (χ4v) is 2.69. The number of carbonyl (C=O) groups is 1. The van der Waals surface area contributed by atoms with Gasteiger partial charge >= 0.3 is 0 Å². The number of aromatic nitrogens is 2. The van der Waals surface area contributed by atoms with E-state index in [4.69, 9.17) is 4.74 Å². The summed E-state index contributed by atoms with van der Waals surface area (Å²) in [6, 6.07) is 19.5. The first kappa shape index (κ1) is 18.6. The third kappa shape index (κ3) is 4.91. The van der Waals surface area contributed by atoms with Crippen LogP contribution >= 0.6 is 0 Å². The minimum absolute atomic E-state index is 0.0669. The summed E-state index contributed by atoms with van der Waals surface area (Å²) in [6.45, 7) is 2.06. The molecule has 5 nitrogen and oxygen atoms in total. The second-order valence-electron chi connectivity index (χ2n) is 6.21. The zero-order valence-corrected chi connectivity index (χ0v) is 15.6. The van der Waals surface area contributed by atoms with Crippen molar-refractivity contribution in [2.75, 3.05) is 12.4 Å². The molecule has 0 radical (unpaired) electrons. The summed E-state index contributed by atoms with van der Waals surface area (Å²) in [7, 11) is 1.64. The highest BCUT2D eigenvalue weighted by Gasteiger charge is 2.11. The molecule has 3 rings (SSSR count). The maximum atomic E-state index is 12.1. The monoisotopic (exact) mass is 361 g/mol. The minimum atomic E-state index is -0.0669. The van der Waals surface area contributed by atoms with Crippen molar-refractivity contribution in [2.45, 2.75) is 26.2 Å². The van der Waals surface area contributed by atoms with Crippen molar-refractivity contribution in [3.8, 4) is 28.3 Å². The van der Waals surface area contributed by atoms with E-state index in [1.807, 2.05) is 60.7 Å². The number of nitrogens with zero attached hydrogens (tertiary/aromatic N) is 2. The molecule has 0 aliphatic carbocycles. The molecule has 1 amide bonds. The van der Waals surface area contributed by atoms with E-state index in [1.54, 1.807) is 7.11 Å². The molecule has 0 aliphatic heterocycles. The van der Waals surface area contributed by atoms with Crippen LogP contribution in [0.5, 0.6) is 5.75 Å². The number of benzene rings is 2. The second-order valence-corrected chi connectivity index (χ2v) is 6.21. The Kier molecular flexibility index (Phi) is 6.15. The van der Waals surface area contributed by atoms with Gasteiger partial charge in [0, 0.05) is 17.5 Å². The topological polar surface area (TPSA) is 64.1 Å².